The summed E-state index contributed by atoms with van der Waals surface area (Å²) in [6.45, 7) is 6.99. The van der Waals surface area contributed by atoms with E-state index >= 15 is 0 Å². The molecule has 2 aliphatic rings. The molecule has 0 aliphatic carbocycles. The van der Waals surface area contributed by atoms with Gasteiger partial charge in [-0.05, 0) is 41.2 Å². The first-order valence-electron chi connectivity index (χ1n) is 12.0. The van der Waals surface area contributed by atoms with Crippen molar-refractivity contribution in [2.45, 2.75) is 57.9 Å². The highest BCUT2D eigenvalue weighted by Gasteiger charge is 2.29. The molecule has 2 heterocycles. The number of nitrogens with one attached hydrogen (secondary N) is 2. The first-order chi connectivity index (χ1) is 15.4. The van der Waals surface area contributed by atoms with E-state index in [-0.39, 0.29) is 30.1 Å². The van der Waals surface area contributed by atoms with Crippen LogP contribution in [0.3, 0.4) is 0 Å². The number of carbonyl (C=O) groups excluding carboxylic acids is 2. The van der Waals surface area contributed by atoms with Gasteiger partial charge in [-0.2, -0.15) is 0 Å². The molecule has 0 bridgehead atoms. The predicted molar refractivity (Wildman–Crippen MR) is 128 cm³/mol. The fourth-order valence-corrected chi connectivity index (χ4v) is 5.05. The smallest absolute Gasteiger partial charge is 0.253 e. The third-order valence-corrected chi connectivity index (χ3v) is 7.14. The van der Waals surface area contributed by atoms with E-state index in [1.807, 2.05) is 17.0 Å². The summed E-state index contributed by atoms with van der Waals surface area (Å²) in [7, 11) is 2.29. The molecule has 2 amide bonds. The van der Waals surface area contributed by atoms with Crippen LogP contribution < -0.4 is 22.6 Å². The number of fused-ring (bicyclic) bond motifs is 1. The molecule has 33 heavy (non-hydrogen) atoms. The monoisotopic (exact) mass is 469 g/mol. The van der Waals surface area contributed by atoms with Crippen LogP contribution in [0.4, 0.5) is 5.69 Å². The molecule has 0 spiro atoms. The lowest BCUT2D eigenvalue weighted by Gasteiger charge is -2.35. The molecule has 178 valence electrons. The number of rotatable bonds is 6. The van der Waals surface area contributed by atoms with Crippen LogP contribution in [0.25, 0.3) is 0 Å². The van der Waals surface area contributed by atoms with Crippen molar-refractivity contribution in [1.29, 1.82) is 0 Å². The molecular formula is C27H36ClN3O2. The van der Waals surface area contributed by atoms with Crippen LogP contribution in [0.5, 0.6) is 0 Å². The number of carbonyl (C=O) groups is 2. The summed E-state index contributed by atoms with van der Waals surface area (Å²) in [5.74, 6) is 0.453. The minimum absolute atomic E-state index is 0. The Morgan fingerprint density at radius 2 is 1.82 bits per heavy atom. The molecule has 1 fully saturated rings. The molecule has 1 unspecified atom stereocenters. The van der Waals surface area contributed by atoms with Gasteiger partial charge < -0.3 is 27.5 Å². The molecule has 4 rings (SSSR count). The summed E-state index contributed by atoms with van der Waals surface area (Å²) in [6, 6.07) is 15.3. The second kappa shape index (κ2) is 11.2. The Kier molecular flexibility index (Phi) is 8.55. The number of nitrogens with zero attached hydrogens (tertiary/aromatic N) is 1. The highest BCUT2D eigenvalue weighted by atomic mass is 35.5. The third kappa shape index (κ3) is 5.96. The van der Waals surface area contributed by atoms with E-state index in [2.05, 4.69) is 56.5 Å². The molecule has 2 aromatic rings. The number of hydrogen-bond donors (Lipinski definition) is 2. The Morgan fingerprint density at radius 1 is 1.12 bits per heavy atom. The number of amides is 2. The van der Waals surface area contributed by atoms with E-state index in [1.165, 1.54) is 5.56 Å². The summed E-state index contributed by atoms with van der Waals surface area (Å²) < 4.78 is 0. The molecule has 0 radical (unpaired) electrons. The number of likely N-dealkylation sites (tertiary alicyclic amines) is 1. The number of hydrogen-bond acceptors (Lipinski definition) is 2. The second-order valence-corrected chi connectivity index (χ2v) is 9.70. The number of benzene rings is 2. The highest BCUT2D eigenvalue weighted by molar-refractivity contribution is 5.99. The van der Waals surface area contributed by atoms with Crippen LogP contribution in [0.2, 0.25) is 0 Å². The molecule has 5 nitrogen and oxygen atoms in total. The average Bonchev–Trinajstić information content (AvgIpc) is 2.82. The van der Waals surface area contributed by atoms with E-state index in [4.69, 9.17) is 0 Å². The number of anilines is 1. The number of halogens is 1. The molecule has 0 aromatic heterocycles. The van der Waals surface area contributed by atoms with Gasteiger partial charge in [0.05, 0.1) is 19.6 Å². The van der Waals surface area contributed by atoms with Crippen LogP contribution in [0, 0.1) is 0 Å². The molecule has 6 heteroatoms. The van der Waals surface area contributed by atoms with Gasteiger partial charge in [-0.25, -0.2) is 0 Å². The van der Waals surface area contributed by atoms with Gasteiger partial charge in [-0.15, -0.1) is 0 Å². The maximum absolute atomic E-state index is 13.3. The molecule has 1 saturated heterocycles. The lowest BCUT2D eigenvalue weighted by molar-refractivity contribution is -0.907. The largest absolute Gasteiger partial charge is 1.00 e. The molecule has 2 aliphatic heterocycles. The Morgan fingerprint density at radius 3 is 2.48 bits per heavy atom. The topological polar surface area (TPSA) is 53.9 Å². The predicted octanol–water partition coefficient (Wildman–Crippen LogP) is 0.0607. The summed E-state index contributed by atoms with van der Waals surface area (Å²) in [6.07, 6.45) is 4.38. The van der Waals surface area contributed by atoms with Gasteiger partial charge in [0.2, 0.25) is 5.91 Å². The van der Waals surface area contributed by atoms with Crippen molar-refractivity contribution >= 4 is 17.5 Å². The molecule has 0 saturated carbocycles. The Balaban J connectivity index is 0.00000306. The second-order valence-electron chi connectivity index (χ2n) is 9.70. The van der Waals surface area contributed by atoms with Crippen molar-refractivity contribution < 1.29 is 26.9 Å². The number of piperidine rings is 1. The van der Waals surface area contributed by atoms with Crippen molar-refractivity contribution in [3.05, 3.63) is 64.7 Å². The quantitative estimate of drug-likeness (QED) is 0.628. The van der Waals surface area contributed by atoms with Crippen molar-refractivity contribution in [2.75, 3.05) is 32.0 Å². The highest BCUT2D eigenvalue weighted by Crippen LogP contribution is 2.33. The molecule has 2 N–H and O–H groups in total. The summed E-state index contributed by atoms with van der Waals surface area (Å²) >= 11 is 0. The van der Waals surface area contributed by atoms with Gasteiger partial charge >= 0.3 is 0 Å². The summed E-state index contributed by atoms with van der Waals surface area (Å²) in [5.41, 5.74) is 5.25. The lowest BCUT2D eigenvalue weighted by Crippen LogP contribution is -3.13. The van der Waals surface area contributed by atoms with Crippen LogP contribution in [0.15, 0.2) is 42.5 Å². The molecule has 1 atom stereocenters. The van der Waals surface area contributed by atoms with Crippen molar-refractivity contribution in [3.63, 3.8) is 0 Å². The van der Waals surface area contributed by atoms with Crippen molar-refractivity contribution in [1.82, 2.24) is 4.90 Å². The number of likely N-dealkylation sites (N-methyl/N-ethyl adjacent to an activating group) is 1. The first kappa shape index (κ1) is 25.3. The Bertz CT molecular complexity index is 969. The fraction of sp³-hybridized carbons (Fsp3) is 0.481. The zero-order valence-corrected chi connectivity index (χ0v) is 20.8. The van der Waals surface area contributed by atoms with E-state index < -0.39 is 0 Å². The zero-order chi connectivity index (χ0) is 22.7. The van der Waals surface area contributed by atoms with Crippen molar-refractivity contribution in [3.8, 4) is 0 Å². The van der Waals surface area contributed by atoms with Crippen LogP contribution in [0.1, 0.15) is 66.1 Å². The SMILES string of the molecule is CC(C)c1cc(C(=O)N2CCC([NH+](C)CCc3ccccc3)CC2)cc2c1NC(=O)CC2.[Cl-]. The minimum atomic E-state index is 0. The van der Waals surface area contributed by atoms with Gasteiger partial charge in [0.25, 0.3) is 5.91 Å². The Labute approximate surface area is 203 Å². The van der Waals surface area contributed by atoms with Gasteiger partial charge in [0.1, 0.15) is 0 Å². The van der Waals surface area contributed by atoms with E-state index in [9.17, 15) is 9.59 Å². The van der Waals surface area contributed by atoms with Crippen LogP contribution in [-0.2, 0) is 17.6 Å². The molecule has 2 aromatic carbocycles. The maximum Gasteiger partial charge on any atom is 0.253 e. The zero-order valence-electron chi connectivity index (χ0n) is 20.0. The van der Waals surface area contributed by atoms with E-state index in [0.717, 1.165) is 61.3 Å². The standard InChI is InChI=1S/C27H35N3O2.ClH/c1-19(2)24-18-22(17-21-9-10-25(31)28-26(21)24)27(32)30-15-12-23(13-16-30)29(3)14-11-20-7-5-4-6-8-20;/h4-8,17-19,23H,9-16H2,1-3H3,(H,28,31);1H. The van der Waals surface area contributed by atoms with E-state index in [1.54, 1.807) is 4.90 Å². The fourth-order valence-electron chi connectivity index (χ4n) is 5.05. The summed E-state index contributed by atoms with van der Waals surface area (Å²) in [4.78, 5) is 28.8. The maximum atomic E-state index is 13.3. The Hall–Kier alpha value is -2.37. The van der Waals surface area contributed by atoms with Gasteiger partial charge in [0.15, 0.2) is 0 Å². The summed E-state index contributed by atoms with van der Waals surface area (Å²) in [5, 5.41) is 3.03. The first-order valence-corrected chi connectivity index (χ1v) is 12.0. The van der Waals surface area contributed by atoms with Gasteiger partial charge in [0, 0.05) is 50.0 Å². The number of quaternary nitrogens is 1. The average molecular weight is 470 g/mol. The van der Waals surface area contributed by atoms with Gasteiger partial charge in [-0.1, -0.05) is 44.2 Å². The van der Waals surface area contributed by atoms with Gasteiger partial charge in [-0.3, -0.25) is 9.59 Å². The normalized spacial score (nSPS) is 17.2. The van der Waals surface area contributed by atoms with E-state index in [0.29, 0.717) is 18.9 Å². The van der Waals surface area contributed by atoms with Crippen molar-refractivity contribution in [2.24, 2.45) is 0 Å². The van der Waals surface area contributed by atoms with Crippen LogP contribution in [-0.4, -0.2) is 49.4 Å². The van der Waals surface area contributed by atoms with Crippen LogP contribution >= 0.6 is 0 Å². The third-order valence-electron chi connectivity index (χ3n) is 7.14. The lowest BCUT2D eigenvalue weighted by atomic mass is 9.90. The molecular weight excluding hydrogens is 434 g/mol. The minimum Gasteiger partial charge on any atom is -1.00 e. The number of aryl methyl sites for hydroxylation is 1.